The average Bonchev–Trinajstić information content (AvgIpc) is 3.14. The molecule has 1 N–H and O–H groups in total. The van der Waals surface area contributed by atoms with Gasteiger partial charge in [0, 0.05) is 26.3 Å². The van der Waals surface area contributed by atoms with Gasteiger partial charge in [0.2, 0.25) is 0 Å². The van der Waals surface area contributed by atoms with Crippen LogP contribution in [0.3, 0.4) is 0 Å². The fourth-order valence-electron chi connectivity index (χ4n) is 3.71. The summed E-state index contributed by atoms with van der Waals surface area (Å²) in [6.07, 6.45) is 3.65. The molecule has 2 fully saturated rings. The van der Waals surface area contributed by atoms with Crippen molar-refractivity contribution in [1.29, 1.82) is 0 Å². The molecule has 0 radical (unpaired) electrons. The molecule has 2 aliphatic heterocycles. The van der Waals surface area contributed by atoms with Crippen LogP contribution in [-0.2, 0) is 16.1 Å². The van der Waals surface area contributed by atoms with E-state index < -0.39 is 0 Å². The molecule has 3 rings (SSSR count). The second kappa shape index (κ2) is 7.15. The van der Waals surface area contributed by atoms with Crippen molar-refractivity contribution < 1.29 is 18.7 Å². The minimum Gasteiger partial charge on any atom is -0.461 e. The SMILES string of the molecule is COCc1ccc([C@@H]2CCCN2C(=O)N[C@H]2CCOC(C)(C)C2)o1. The van der Waals surface area contributed by atoms with Crippen LogP contribution in [-0.4, -0.2) is 42.8 Å². The Kier molecular flexibility index (Phi) is 5.15. The fourth-order valence-corrected chi connectivity index (χ4v) is 3.71. The van der Waals surface area contributed by atoms with E-state index in [0.29, 0.717) is 13.2 Å². The van der Waals surface area contributed by atoms with Gasteiger partial charge in [-0.25, -0.2) is 4.79 Å². The van der Waals surface area contributed by atoms with Crippen LogP contribution in [0, 0.1) is 0 Å². The normalized spacial score (nSPS) is 26.5. The molecule has 0 unspecified atom stereocenters. The van der Waals surface area contributed by atoms with E-state index in [1.54, 1.807) is 7.11 Å². The molecule has 0 aliphatic carbocycles. The van der Waals surface area contributed by atoms with E-state index in [1.165, 1.54) is 0 Å². The summed E-state index contributed by atoms with van der Waals surface area (Å²) in [5.74, 6) is 1.65. The Morgan fingerprint density at radius 1 is 1.42 bits per heavy atom. The number of rotatable bonds is 4. The van der Waals surface area contributed by atoms with Crippen LogP contribution in [0.1, 0.15) is 57.1 Å². The molecular formula is C18H28N2O4. The summed E-state index contributed by atoms with van der Waals surface area (Å²) in [4.78, 5) is 14.6. The van der Waals surface area contributed by atoms with E-state index in [0.717, 1.165) is 43.7 Å². The van der Waals surface area contributed by atoms with Crippen LogP contribution in [0.25, 0.3) is 0 Å². The van der Waals surface area contributed by atoms with Crippen LogP contribution < -0.4 is 5.32 Å². The highest BCUT2D eigenvalue weighted by atomic mass is 16.5. The summed E-state index contributed by atoms with van der Waals surface area (Å²) in [6, 6.07) is 4.08. The van der Waals surface area contributed by atoms with Gasteiger partial charge in [-0.2, -0.15) is 0 Å². The quantitative estimate of drug-likeness (QED) is 0.917. The smallest absolute Gasteiger partial charge is 0.318 e. The van der Waals surface area contributed by atoms with E-state index in [-0.39, 0.29) is 23.7 Å². The van der Waals surface area contributed by atoms with Crippen molar-refractivity contribution >= 4 is 6.03 Å². The second-order valence-corrected chi connectivity index (χ2v) is 7.34. The first-order valence-electron chi connectivity index (χ1n) is 8.77. The molecule has 0 saturated carbocycles. The maximum atomic E-state index is 12.7. The van der Waals surface area contributed by atoms with Crippen LogP contribution in [0.4, 0.5) is 4.79 Å². The first kappa shape index (κ1) is 17.3. The number of amides is 2. The average molecular weight is 336 g/mol. The monoisotopic (exact) mass is 336 g/mol. The minimum absolute atomic E-state index is 0.00453. The Labute approximate surface area is 143 Å². The molecule has 134 valence electrons. The van der Waals surface area contributed by atoms with E-state index in [2.05, 4.69) is 19.2 Å². The molecule has 3 heterocycles. The molecule has 2 saturated heterocycles. The standard InChI is InChI=1S/C18H28N2O4/c1-18(2)11-13(8-10-23-18)19-17(21)20-9-4-5-15(20)16-7-6-14(24-16)12-22-3/h6-7,13,15H,4-5,8-12H2,1-3H3,(H,19,21)/t13-,15-/m0/s1. The van der Waals surface area contributed by atoms with Crippen LogP contribution in [0.15, 0.2) is 16.5 Å². The van der Waals surface area contributed by atoms with Crippen molar-refractivity contribution in [3.8, 4) is 0 Å². The van der Waals surface area contributed by atoms with Gasteiger partial charge in [-0.15, -0.1) is 0 Å². The molecule has 24 heavy (non-hydrogen) atoms. The van der Waals surface area contributed by atoms with Crippen molar-refractivity contribution in [2.45, 2.75) is 63.8 Å². The van der Waals surface area contributed by atoms with E-state index >= 15 is 0 Å². The van der Waals surface area contributed by atoms with E-state index in [4.69, 9.17) is 13.9 Å². The summed E-state index contributed by atoms with van der Waals surface area (Å²) in [5, 5.41) is 3.19. The number of carbonyl (C=O) groups excluding carboxylic acids is 1. The van der Waals surface area contributed by atoms with Crippen molar-refractivity contribution in [2.75, 3.05) is 20.3 Å². The third-order valence-electron chi connectivity index (χ3n) is 4.84. The molecular weight excluding hydrogens is 308 g/mol. The van der Waals surface area contributed by atoms with Gasteiger partial charge in [-0.1, -0.05) is 0 Å². The lowest BCUT2D eigenvalue weighted by Gasteiger charge is -2.37. The number of hydrogen-bond acceptors (Lipinski definition) is 4. The number of urea groups is 1. The first-order chi connectivity index (χ1) is 11.5. The van der Waals surface area contributed by atoms with Gasteiger partial charge in [0.15, 0.2) is 0 Å². The molecule has 6 nitrogen and oxygen atoms in total. The van der Waals surface area contributed by atoms with Crippen molar-refractivity contribution in [3.63, 3.8) is 0 Å². The highest BCUT2D eigenvalue weighted by Gasteiger charge is 2.35. The highest BCUT2D eigenvalue weighted by Crippen LogP contribution is 2.33. The molecule has 1 aromatic heterocycles. The summed E-state index contributed by atoms with van der Waals surface area (Å²) < 4.78 is 16.7. The summed E-state index contributed by atoms with van der Waals surface area (Å²) in [5.41, 5.74) is -0.170. The van der Waals surface area contributed by atoms with Gasteiger partial charge in [0.1, 0.15) is 18.1 Å². The lowest BCUT2D eigenvalue weighted by atomic mass is 9.94. The fraction of sp³-hybridized carbons (Fsp3) is 0.722. The largest absolute Gasteiger partial charge is 0.461 e. The molecule has 2 aliphatic rings. The maximum absolute atomic E-state index is 12.7. The number of ether oxygens (including phenoxy) is 2. The molecule has 0 spiro atoms. The number of hydrogen-bond donors (Lipinski definition) is 1. The first-order valence-corrected chi connectivity index (χ1v) is 8.77. The van der Waals surface area contributed by atoms with Gasteiger partial charge >= 0.3 is 6.03 Å². The Balaban J connectivity index is 1.62. The van der Waals surface area contributed by atoms with Crippen LogP contribution in [0.2, 0.25) is 0 Å². The van der Waals surface area contributed by atoms with Gasteiger partial charge < -0.3 is 24.1 Å². The van der Waals surface area contributed by atoms with E-state index in [9.17, 15) is 4.79 Å². The second-order valence-electron chi connectivity index (χ2n) is 7.34. The molecule has 0 aromatic carbocycles. The summed E-state index contributed by atoms with van der Waals surface area (Å²) in [6.45, 7) is 6.06. The molecule has 6 heteroatoms. The van der Waals surface area contributed by atoms with Gasteiger partial charge in [-0.05, 0) is 51.7 Å². The Hall–Kier alpha value is -1.53. The minimum atomic E-state index is -0.170. The Morgan fingerprint density at radius 3 is 3.00 bits per heavy atom. The Bertz CT molecular complexity index is 569. The summed E-state index contributed by atoms with van der Waals surface area (Å²) in [7, 11) is 1.65. The zero-order valence-corrected chi connectivity index (χ0v) is 14.8. The van der Waals surface area contributed by atoms with Gasteiger partial charge in [0.05, 0.1) is 11.6 Å². The molecule has 2 amide bonds. The predicted octanol–water partition coefficient (Wildman–Crippen LogP) is 3.23. The molecule has 0 bridgehead atoms. The van der Waals surface area contributed by atoms with Crippen molar-refractivity contribution in [3.05, 3.63) is 23.7 Å². The van der Waals surface area contributed by atoms with Crippen LogP contribution >= 0.6 is 0 Å². The number of methoxy groups -OCH3 is 1. The topological polar surface area (TPSA) is 63.9 Å². The number of furan rings is 1. The highest BCUT2D eigenvalue weighted by molar-refractivity contribution is 5.75. The maximum Gasteiger partial charge on any atom is 0.318 e. The van der Waals surface area contributed by atoms with Crippen molar-refractivity contribution in [2.24, 2.45) is 0 Å². The van der Waals surface area contributed by atoms with E-state index in [1.807, 2.05) is 17.0 Å². The number of carbonyl (C=O) groups is 1. The Morgan fingerprint density at radius 2 is 2.25 bits per heavy atom. The molecule has 1 aromatic rings. The van der Waals surface area contributed by atoms with Gasteiger partial charge in [0.25, 0.3) is 0 Å². The number of nitrogens with zero attached hydrogens (tertiary/aromatic N) is 1. The lowest BCUT2D eigenvalue weighted by molar-refractivity contribution is -0.0616. The zero-order chi connectivity index (χ0) is 17.2. The third kappa shape index (κ3) is 3.92. The number of likely N-dealkylation sites (tertiary alicyclic amines) is 1. The number of nitrogens with one attached hydrogen (secondary N) is 1. The summed E-state index contributed by atoms with van der Waals surface area (Å²) >= 11 is 0. The predicted molar refractivity (Wildman–Crippen MR) is 89.7 cm³/mol. The van der Waals surface area contributed by atoms with Gasteiger partial charge in [-0.3, -0.25) is 0 Å². The molecule has 2 atom stereocenters. The van der Waals surface area contributed by atoms with Crippen LogP contribution in [0.5, 0.6) is 0 Å². The zero-order valence-electron chi connectivity index (χ0n) is 14.8. The third-order valence-corrected chi connectivity index (χ3v) is 4.84. The lowest BCUT2D eigenvalue weighted by Crippen LogP contribution is -2.49. The van der Waals surface area contributed by atoms with Crippen molar-refractivity contribution in [1.82, 2.24) is 10.2 Å².